The van der Waals surface area contributed by atoms with Crippen molar-refractivity contribution in [3.05, 3.63) is 11.1 Å². The first-order valence-corrected chi connectivity index (χ1v) is 3.50. The number of hydrogen-bond acceptors (Lipinski definition) is 3. The maximum atomic E-state index is 11.0. The third-order valence-electron chi connectivity index (χ3n) is 1.78. The van der Waals surface area contributed by atoms with Gasteiger partial charge in [0.1, 0.15) is 0 Å². The first-order valence-electron chi connectivity index (χ1n) is 3.50. The summed E-state index contributed by atoms with van der Waals surface area (Å²) in [5, 5.41) is 8.57. The van der Waals surface area contributed by atoms with E-state index >= 15 is 0 Å². The molecular formula is C8H9NO2. The van der Waals surface area contributed by atoms with Crippen LogP contribution in [0.15, 0.2) is 11.1 Å². The fraction of sp³-hybridized carbons (Fsp3) is 0.500. The molecule has 3 nitrogen and oxygen atoms in total. The lowest BCUT2D eigenvalue weighted by Crippen LogP contribution is -2.03. The van der Waals surface area contributed by atoms with Crippen molar-refractivity contribution >= 4 is 5.97 Å². The van der Waals surface area contributed by atoms with Crippen LogP contribution in [0.5, 0.6) is 0 Å². The first-order chi connectivity index (χ1) is 5.29. The van der Waals surface area contributed by atoms with Crippen LogP contribution in [0, 0.1) is 11.3 Å². The molecule has 0 heterocycles. The molecule has 0 unspecified atom stereocenters. The second-order valence-corrected chi connectivity index (χ2v) is 2.41. The number of rotatable bonds is 1. The summed E-state index contributed by atoms with van der Waals surface area (Å²) in [4.78, 5) is 11.0. The van der Waals surface area contributed by atoms with Crippen LogP contribution in [0.25, 0.3) is 0 Å². The average molecular weight is 151 g/mol. The smallest absolute Gasteiger partial charge is 0.334 e. The van der Waals surface area contributed by atoms with Crippen molar-refractivity contribution in [3.63, 3.8) is 0 Å². The molecule has 0 bridgehead atoms. The minimum Gasteiger partial charge on any atom is -0.466 e. The Hall–Kier alpha value is -1.30. The van der Waals surface area contributed by atoms with Crippen molar-refractivity contribution in [3.8, 4) is 6.07 Å². The maximum Gasteiger partial charge on any atom is 0.334 e. The van der Waals surface area contributed by atoms with Crippen molar-refractivity contribution < 1.29 is 9.53 Å². The van der Waals surface area contributed by atoms with Crippen LogP contribution in [-0.2, 0) is 9.53 Å². The predicted molar refractivity (Wildman–Crippen MR) is 38.5 cm³/mol. The predicted octanol–water partition coefficient (Wildman–Crippen LogP) is 1.16. The van der Waals surface area contributed by atoms with Gasteiger partial charge in [0.25, 0.3) is 0 Å². The summed E-state index contributed by atoms with van der Waals surface area (Å²) in [7, 11) is 1.34. The molecule has 1 aliphatic rings. The van der Waals surface area contributed by atoms with Crippen molar-refractivity contribution in [1.29, 1.82) is 5.26 Å². The molecule has 0 aromatic carbocycles. The van der Waals surface area contributed by atoms with Crippen molar-refractivity contribution in [2.24, 2.45) is 0 Å². The van der Waals surface area contributed by atoms with Gasteiger partial charge in [-0.3, -0.25) is 0 Å². The third kappa shape index (κ3) is 1.40. The van der Waals surface area contributed by atoms with E-state index in [1.54, 1.807) is 0 Å². The summed E-state index contributed by atoms with van der Waals surface area (Å²) in [5.74, 6) is -0.348. The summed E-state index contributed by atoms with van der Waals surface area (Å²) in [5.41, 5.74) is 1.16. The number of nitriles is 1. The Bertz CT molecular complexity index is 247. The van der Waals surface area contributed by atoms with E-state index in [1.807, 2.05) is 6.07 Å². The highest BCUT2D eigenvalue weighted by molar-refractivity contribution is 5.90. The van der Waals surface area contributed by atoms with Crippen LogP contribution >= 0.6 is 0 Å². The standard InChI is InChI=1S/C8H9NO2/c1-11-8(10)7-4-2-3-6(7)5-9/h2-4H2,1H3. The second-order valence-electron chi connectivity index (χ2n) is 2.41. The lowest BCUT2D eigenvalue weighted by Gasteiger charge is -1.97. The normalized spacial score (nSPS) is 16.4. The van der Waals surface area contributed by atoms with E-state index in [-0.39, 0.29) is 5.97 Å². The maximum absolute atomic E-state index is 11.0. The van der Waals surface area contributed by atoms with Crippen LogP contribution in [0.4, 0.5) is 0 Å². The van der Waals surface area contributed by atoms with E-state index in [1.165, 1.54) is 7.11 Å². The van der Waals surface area contributed by atoms with Gasteiger partial charge in [-0.25, -0.2) is 4.79 Å². The Morgan fingerprint density at radius 1 is 1.64 bits per heavy atom. The van der Waals surface area contributed by atoms with Crippen molar-refractivity contribution in [1.82, 2.24) is 0 Å². The number of allylic oxidation sites excluding steroid dienone is 1. The summed E-state index contributed by atoms with van der Waals surface area (Å²) in [6, 6.07) is 2.01. The zero-order valence-corrected chi connectivity index (χ0v) is 6.39. The zero-order chi connectivity index (χ0) is 8.27. The molecule has 58 valence electrons. The Labute approximate surface area is 65.3 Å². The third-order valence-corrected chi connectivity index (χ3v) is 1.78. The monoisotopic (exact) mass is 151 g/mol. The molecule has 0 spiro atoms. The van der Waals surface area contributed by atoms with E-state index in [0.717, 1.165) is 12.8 Å². The van der Waals surface area contributed by atoms with E-state index in [0.29, 0.717) is 17.6 Å². The molecule has 1 rings (SSSR count). The summed E-state index contributed by atoms with van der Waals surface area (Å²) >= 11 is 0. The van der Waals surface area contributed by atoms with Crippen molar-refractivity contribution in [2.45, 2.75) is 19.3 Å². The van der Waals surface area contributed by atoms with Crippen LogP contribution in [0.1, 0.15) is 19.3 Å². The quantitative estimate of drug-likeness (QED) is 0.528. The highest BCUT2D eigenvalue weighted by Crippen LogP contribution is 2.25. The molecule has 0 aromatic rings. The molecule has 1 aliphatic carbocycles. The fourth-order valence-corrected chi connectivity index (χ4v) is 1.22. The number of hydrogen-bond donors (Lipinski definition) is 0. The Morgan fingerprint density at radius 2 is 2.36 bits per heavy atom. The van der Waals surface area contributed by atoms with Gasteiger partial charge in [-0.15, -0.1) is 0 Å². The van der Waals surface area contributed by atoms with Gasteiger partial charge < -0.3 is 4.74 Å². The van der Waals surface area contributed by atoms with Crippen LogP contribution < -0.4 is 0 Å². The molecule has 3 heteroatoms. The Morgan fingerprint density at radius 3 is 2.91 bits per heavy atom. The minimum atomic E-state index is -0.348. The minimum absolute atomic E-state index is 0.348. The van der Waals surface area contributed by atoms with Crippen molar-refractivity contribution in [2.75, 3.05) is 7.11 Å². The fourth-order valence-electron chi connectivity index (χ4n) is 1.22. The highest BCUT2D eigenvalue weighted by atomic mass is 16.5. The van der Waals surface area contributed by atoms with Crippen LogP contribution in [-0.4, -0.2) is 13.1 Å². The van der Waals surface area contributed by atoms with E-state index in [9.17, 15) is 4.79 Å². The lowest BCUT2D eigenvalue weighted by molar-refractivity contribution is -0.136. The summed E-state index contributed by atoms with van der Waals surface area (Å²) in [6.07, 6.45) is 2.31. The van der Waals surface area contributed by atoms with Gasteiger partial charge >= 0.3 is 5.97 Å². The summed E-state index contributed by atoms with van der Waals surface area (Å²) in [6.45, 7) is 0. The second kappa shape index (κ2) is 3.20. The molecule has 0 aliphatic heterocycles. The molecule has 0 saturated heterocycles. The number of nitrogens with zero attached hydrogens (tertiary/aromatic N) is 1. The number of ether oxygens (including phenoxy) is 1. The first kappa shape index (κ1) is 7.80. The van der Waals surface area contributed by atoms with E-state index in [2.05, 4.69) is 4.74 Å². The Kier molecular flexibility index (Phi) is 2.27. The van der Waals surface area contributed by atoms with Gasteiger partial charge in [-0.1, -0.05) is 0 Å². The van der Waals surface area contributed by atoms with Gasteiger partial charge in [-0.05, 0) is 19.3 Å². The number of esters is 1. The molecule has 0 fully saturated rings. The average Bonchev–Trinajstić information content (AvgIpc) is 2.50. The van der Waals surface area contributed by atoms with Gasteiger partial charge in [0.15, 0.2) is 0 Å². The molecule has 0 amide bonds. The lowest BCUT2D eigenvalue weighted by atomic mass is 10.2. The SMILES string of the molecule is COC(=O)C1=C(C#N)CCC1. The number of methoxy groups -OCH3 is 1. The van der Waals surface area contributed by atoms with Crippen LogP contribution in [0.3, 0.4) is 0 Å². The molecule has 0 aromatic heterocycles. The van der Waals surface area contributed by atoms with E-state index in [4.69, 9.17) is 5.26 Å². The molecular weight excluding hydrogens is 142 g/mol. The Balaban J connectivity index is 2.85. The van der Waals surface area contributed by atoms with Crippen LogP contribution in [0.2, 0.25) is 0 Å². The largest absolute Gasteiger partial charge is 0.466 e. The number of carbonyl (C=O) groups excluding carboxylic acids is 1. The molecule has 0 radical (unpaired) electrons. The zero-order valence-electron chi connectivity index (χ0n) is 6.39. The van der Waals surface area contributed by atoms with Gasteiger partial charge in [-0.2, -0.15) is 5.26 Å². The van der Waals surface area contributed by atoms with E-state index < -0.39 is 0 Å². The van der Waals surface area contributed by atoms with Gasteiger partial charge in [0.05, 0.1) is 18.8 Å². The number of carbonyl (C=O) groups is 1. The molecule has 0 atom stereocenters. The highest BCUT2D eigenvalue weighted by Gasteiger charge is 2.20. The summed E-state index contributed by atoms with van der Waals surface area (Å²) < 4.78 is 4.52. The molecule has 0 N–H and O–H groups in total. The van der Waals surface area contributed by atoms with Gasteiger partial charge in [0, 0.05) is 5.57 Å². The topological polar surface area (TPSA) is 50.1 Å². The molecule has 11 heavy (non-hydrogen) atoms. The van der Waals surface area contributed by atoms with Gasteiger partial charge in [0.2, 0.25) is 0 Å². The molecule has 0 saturated carbocycles.